The highest BCUT2D eigenvalue weighted by atomic mass is 127. The Morgan fingerprint density at radius 2 is 1.56 bits per heavy atom. The molecule has 0 radical (unpaired) electrons. The van der Waals surface area contributed by atoms with Crippen LogP contribution in [0.4, 0.5) is 0 Å². The Kier molecular flexibility index (Phi) is 6.50. The molecule has 0 fully saturated rings. The van der Waals surface area contributed by atoms with Gasteiger partial charge in [0.25, 0.3) is 5.56 Å². The summed E-state index contributed by atoms with van der Waals surface area (Å²) in [6, 6.07) is 25.1. The lowest BCUT2D eigenvalue weighted by Gasteiger charge is -2.13. The number of para-hydroxylation sites is 1. The van der Waals surface area contributed by atoms with Crippen LogP contribution >= 0.6 is 45.2 Å². The minimum atomic E-state index is -0.584. The summed E-state index contributed by atoms with van der Waals surface area (Å²) in [6.07, 6.45) is 1.50. The van der Waals surface area contributed by atoms with E-state index in [0.29, 0.717) is 17.5 Å². The molecule has 0 spiro atoms. The first-order chi connectivity index (χ1) is 16.5. The number of nitrogens with zero attached hydrogens (tertiary/aromatic N) is 2. The number of nitrogens with one attached hydrogen (secondary N) is 1. The van der Waals surface area contributed by atoms with Gasteiger partial charge in [0.2, 0.25) is 0 Å². The molecule has 0 saturated carbocycles. The van der Waals surface area contributed by atoms with E-state index < -0.39 is 11.2 Å². The molecule has 0 aliphatic heterocycles. The lowest BCUT2D eigenvalue weighted by molar-refractivity contribution is 0.303. The van der Waals surface area contributed by atoms with Crippen LogP contribution in [0.5, 0.6) is 5.75 Å². The first-order valence-corrected chi connectivity index (χ1v) is 12.5. The van der Waals surface area contributed by atoms with Gasteiger partial charge in [-0.25, -0.2) is 4.79 Å². The molecule has 8 heteroatoms. The van der Waals surface area contributed by atoms with Crippen LogP contribution in [-0.2, 0) is 6.61 Å². The maximum absolute atomic E-state index is 12.7. The summed E-state index contributed by atoms with van der Waals surface area (Å²) < 4.78 is 8.85. The van der Waals surface area contributed by atoms with Gasteiger partial charge in [-0.3, -0.25) is 4.79 Å². The number of hydrogen-bond donors (Lipinski definition) is 1. The number of ether oxygens (including phenoxy) is 1. The lowest BCUT2D eigenvalue weighted by Crippen LogP contribution is -2.32. The van der Waals surface area contributed by atoms with Crippen molar-refractivity contribution in [1.29, 1.82) is 0 Å². The number of rotatable bonds is 5. The first-order valence-electron chi connectivity index (χ1n) is 10.4. The van der Waals surface area contributed by atoms with E-state index in [2.05, 4.69) is 79.5 Å². The highest BCUT2D eigenvalue weighted by Gasteiger charge is 2.11. The van der Waals surface area contributed by atoms with E-state index in [1.165, 1.54) is 17.0 Å². The maximum Gasteiger partial charge on any atom is 0.349 e. The number of aromatic amines is 1. The molecule has 4 aromatic carbocycles. The second-order valence-corrected chi connectivity index (χ2v) is 9.90. The quantitative estimate of drug-likeness (QED) is 0.198. The third-order valence-electron chi connectivity index (χ3n) is 5.38. The van der Waals surface area contributed by atoms with Gasteiger partial charge in [0.05, 0.1) is 24.3 Å². The summed E-state index contributed by atoms with van der Waals surface area (Å²) in [5.74, 6) is 0.784. The zero-order valence-corrected chi connectivity index (χ0v) is 22.0. The van der Waals surface area contributed by atoms with E-state index in [1.807, 2.05) is 30.3 Å². The van der Waals surface area contributed by atoms with Crippen LogP contribution in [0, 0.1) is 7.14 Å². The Morgan fingerprint density at radius 1 is 0.882 bits per heavy atom. The Hall–Kier alpha value is -2.99. The van der Waals surface area contributed by atoms with Crippen molar-refractivity contribution >= 4 is 73.1 Å². The second-order valence-electron chi connectivity index (χ2n) is 7.58. The molecule has 1 N–H and O–H groups in total. The van der Waals surface area contributed by atoms with Crippen molar-refractivity contribution in [3.63, 3.8) is 0 Å². The van der Waals surface area contributed by atoms with E-state index in [1.54, 1.807) is 24.3 Å². The summed E-state index contributed by atoms with van der Waals surface area (Å²) in [4.78, 5) is 27.7. The summed E-state index contributed by atoms with van der Waals surface area (Å²) >= 11 is 4.45. The molecule has 0 saturated heterocycles. The summed E-state index contributed by atoms with van der Waals surface area (Å²) in [5, 5.41) is 6.91. The van der Waals surface area contributed by atoms with Crippen LogP contribution in [-0.4, -0.2) is 15.9 Å². The molecule has 0 aliphatic rings. The van der Waals surface area contributed by atoms with Crippen molar-refractivity contribution in [2.75, 3.05) is 0 Å². The Bertz CT molecular complexity index is 1660. The average molecular weight is 673 g/mol. The fraction of sp³-hybridized carbons (Fsp3) is 0.0385. The molecule has 0 bridgehead atoms. The summed E-state index contributed by atoms with van der Waals surface area (Å²) in [6.45, 7) is 0.447. The van der Waals surface area contributed by atoms with Crippen LogP contribution in [0.3, 0.4) is 0 Å². The molecule has 6 nitrogen and oxygen atoms in total. The Labute approximate surface area is 221 Å². The molecule has 0 amide bonds. The Morgan fingerprint density at radius 3 is 2.35 bits per heavy atom. The number of benzene rings is 4. The molecular weight excluding hydrogens is 656 g/mol. The van der Waals surface area contributed by atoms with Gasteiger partial charge in [0.15, 0.2) is 0 Å². The monoisotopic (exact) mass is 673 g/mol. The fourth-order valence-electron chi connectivity index (χ4n) is 3.74. The summed E-state index contributed by atoms with van der Waals surface area (Å²) in [5.41, 5.74) is 1.31. The van der Waals surface area contributed by atoms with Crippen molar-refractivity contribution in [2.24, 2.45) is 5.10 Å². The molecule has 1 aromatic heterocycles. The molecule has 0 atom stereocenters. The van der Waals surface area contributed by atoms with Gasteiger partial charge >= 0.3 is 5.69 Å². The second kappa shape index (κ2) is 9.71. The van der Waals surface area contributed by atoms with Crippen LogP contribution in [0.1, 0.15) is 11.1 Å². The van der Waals surface area contributed by atoms with E-state index >= 15 is 0 Å². The standard InChI is InChI=1S/C26H17I2N3O3/c27-21-12-16(14-29-31-25(32)20-10-3-4-11-23(20)30-26(31)33)13-22(28)24(21)34-15-18-8-5-7-17-6-1-2-9-19(17)18/h1-14H,15H2,(H,30,33). The van der Waals surface area contributed by atoms with Crippen LogP contribution in [0.2, 0.25) is 0 Å². The molecule has 0 unspecified atom stereocenters. The predicted octanol–water partition coefficient (Wildman–Crippen LogP) is 5.51. The molecule has 168 valence electrons. The fourth-order valence-corrected chi connectivity index (χ4v) is 5.87. The number of aromatic nitrogens is 2. The average Bonchev–Trinajstić information content (AvgIpc) is 2.83. The van der Waals surface area contributed by atoms with Gasteiger partial charge in [0.1, 0.15) is 12.4 Å². The normalized spacial score (nSPS) is 11.5. The van der Waals surface area contributed by atoms with Gasteiger partial charge < -0.3 is 9.72 Å². The number of fused-ring (bicyclic) bond motifs is 2. The topological polar surface area (TPSA) is 76.5 Å². The largest absolute Gasteiger partial charge is 0.487 e. The van der Waals surface area contributed by atoms with E-state index in [9.17, 15) is 9.59 Å². The SMILES string of the molecule is O=c1[nH]c2ccccc2c(=O)n1N=Cc1cc(I)c(OCc2cccc3ccccc23)c(I)c1. The number of H-pyrrole nitrogens is 1. The van der Waals surface area contributed by atoms with Crippen LogP contribution < -0.4 is 16.0 Å². The summed E-state index contributed by atoms with van der Waals surface area (Å²) in [7, 11) is 0. The zero-order chi connectivity index (χ0) is 23.7. The third-order valence-corrected chi connectivity index (χ3v) is 6.98. The number of halogens is 2. The number of hydrogen-bond acceptors (Lipinski definition) is 4. The molecule has 0 aliphatic carbocycles. The first kappa shape index (κ1) is 22.8. The van der Waals surface area contributed by atoms with Crippen molar-refractivity contribution < 1.29 is 4.74 Å². The van der Waals surface area contributed by atoms with Gasteiger partial charge in [0, 0.05) is 0 Å². The molecule has 5 aromatic rings. The van der Waals surface area contributed by atoms with Crippen molar-refractivity contribution in [3.8, 4) is 5.75 Å². The highest BCUT2D eigenvalue weighted by Crippen LogP contribution is 2.30. The molecule has 34 heavy (non-hydrogen) atoms. The van der Waals surface area contributed by atoms with Gasteiger partial charge in [-0.1, -0.05) is 54.6 Å². The third kappa shape index (κ3) is 4.51. The van der Waals surface area contributed by atoms with Crippen LogP contribution in [0.25, 0.3) is 21.7 Å². The van der Waals surface area contributed by atoms with E-state index in [0.717, 1.165) is 28.7 Å². The van der Waals surface area contributed by atoms with E-state index in [4.69, 9.17) is 4.74 Å². The smallest absolute Gasteiger partial charge is 0.349 e. The maximum atomic E-state index is 12.7. The minimum absolute atomic E-state index is 0.403. The highest BCUT2D eigenvalue weighted by molar-refractivity contribution is 14.1. The molecule has 5 rings (SSSR count). The van der Waals surface area contributed by atoms with Gasteiger partial charge in [-0.05, 0) is 91.3 Å². The Balaban J connectivity index is 1.42. The minimum Gasteiger partial charge on any atom is -0.487 e. The lowest BCUT2D eigenvalue weighted by atomic mass is 10.1. The van der Waals surface area contributed by atoms with Gasteiger partial charge in [-0.2, -0.15) is 5.10 Å². The van der Waals surface area contributed by atoms with Crippen molar-refractivity contribution in [3.05, 3.63) is 118 Å². The zero-order valence-electron chi connectivity index (χ0n) is 17.7. The molecular formula is C26H17I2N3O3. The van der Waals surface area contributed by atoms with E-state index in [-0.39, 0.29) is 0 Å². The van der Waals surface area contributed by atoms with Gasteiger partial charge in [-0.15, -0.1) is 4.68 Å². The predicted molar refractivity (Wildman–Crippen MR) is 152 cm³/mol. The van der Waals surface area contributed by atoms with Crippen molar-refractivity contribution in [2.45, 2.75) is 6.61 Å². The van der Waals surface area contributed by atoms with Crippen LogP contribution in [0.15, 0.2) is 93.6 Å². The molecule has 1 heterocycles. The van der Waals surface area contributed by atoms with Crippen molar-refractivity contribution in [1.82, 2.24) is 9.66 Å².